The zero-order valence-electron chi connectivity index (χ0n) is 11.5. The molecule has 0 aromatic carbocycles. The van der Waals surface area contributed by atoms with Gasteiger partial charge in [-0.25, -0.2) is 0 Å². The predicted molar refractivity (Wildman–Crippen MR) is 69.3 cm³/mol. The van der Waals surface area contributed by atoms with Gasteiger partial charge < -0.3 is 10.4 Å². The van der Waals surface area contributed by atoms with E-state index in [1.807, 2.05) is 0 Å². The molecular formula is C13H24N2O3. The highest BCUT2D eigenvalue weighted by Gasteiger charge is 2.29. The van der Waals surface area contributed by atoms with Gasteiger partial charge >= 0.3 is 5.97 Å². The largest absolute Gasteiger partial charge is 0.481 e. The van der Waals surface area contributed by atoms with Crippen LogP contribution < -0.4 is 5.32 Å². The van der Waals surface area contributed by atoms with Crippen molar-refractivity contribution in [2.24, 2.45) is 5.92 Å². The van der Waals surface area contributed by atoms with Crippen LogP contribution in [0.15, 0.2) is 0 Å². The summed E-state index contributed by atoms with van der Waals surface area (Å²) in [5, 5.41) is 11.2. The molecule has 5 nitrogen and oxygen atoms in total. The number of hydrogen-bond donors (Lipinski definition) is 2. The molecular weight excluding hydrogens is 232 g/mol. The third-order valence-electron chi connectivity index (χ3n) is 3.45. The van der Waals surface area contributed by atoms with Gasteiger partial charge in [0.05, 0.1) is 6.42 Å². The van der Waals surface area contributed by atoms with Gasteiger partial charge in [0.2, 0.25) is 5.91 Å². The van der Waals surface area contributed by atoms with Gasteiger partial charge in [-0.05, 0) is 46.7 Å². The summed E-state index contributed by atoms with van der Waals surface area (Å²) in [5.41, 5.74) is 0.157. The molecule has 1 aliphatic rings. The number of rotatable bonds is 4. The number of nitrogens with zero attached hydrogens (tertiary/aromatic N) is 1. The van der Waals surface area contributed by atoms with Crippen molar-refractivity contribution in [3.05, 3.63) is 0 Å². The summed E-state index contributed by atoms with van der Waals surface area (Å²) in [6.45, 7) is 8.63. The first-order chi connectivity index (χ1) is 8.30. The first-order valence-corrected chi connectivity index (χ1v) is 6.55. The molecule has 5 heteroatoms. The Kier molecular flexibility index (Phi) is 5.14. The van der Waals surface area contributed by atoms with Crippen molar-refractivity contribution in [1.29, 1.82) is 0 Å². The average Bonchev–Trinajstić information content (AvgIpc) is 2.27. The molecule has 1 heterocycles. The lowest BCUT2D eigenvalue weighted by atomic mass is 9.92. The molecule has 1 amide bonds. The molecule has 18 heavy (non-hydrogen) atoms. The standard InChI is InChI=1S/C13H24N2O3/c1-13(2,3)15-8-5-10(6-9-15)12(18)14-7-4-11(16)17/h10H,4-9H2,1-3H3,(H,14,18)(H,16,17). The maximum absolute atomic E-state index is 11.8. The number of carboxylic acids is 1. The number of carbonyl (C=O) groups is 2. The van der Waals surface area contributed by atoms with Gasteiger partial charge in [0.15, 0.2) is 0 Å². The number of carboxylic acid groups (broad SMARTS) is 1. The summed E-state index contributed by atoms with van der Waals surface area (Å²) in [5.74, 6) is -0.833. The van der Waals surface area contributed by atoms with Crippen LogP contribution in [-0.4, -0.2) is 47.1 Å². The molecule has 104 valence electrons. The van der Waals surface area contributed by atoms with E-state index in [-0.39, 0.29) is 30.3 Å². The van der Waals surface area contributed by atoms with Crippen LogP contribution in [0.2, 0.25) is 0 Å². The van der Waals surface area contributed by atoms with E-state index in [0.29, 0.717) is 0 Å². The Morgan fingerprint density at radius 3 is 2.28 bits per heavy atom. The molecule has 0 atom stereocenters. The number of likely N-dealkylation sites (tertiary alicyclic amines) is 1. The fourth-order valence-corrected chi connectivity index (χ4v) is 2.25. The number of amides is 1. The Labute approximate surface area is 109 Å². The number of hydrogen-bond acceptors (Lipinski definition) is 3. The zero-order chi connectivity index (χ0) is 13.8. The quantitative estimate of drug-likeness (QED) is 0.790. The van der Waals surface area contributed by atoms with Gasteiger partial charge in [-0.15, -0.1) is 0 Å². The van der Waals surface area contributed by atoms with Crippen molar-refractivity contribution in [2.75, 3.05) is 19.6 Å². The Balaban J connectivity index is 2.30. The van der Waals surface area contributed by atoms with Gasteiger partial charge in [-0.2, -0.15) is 0 Å². The Bertz CT molecular complexity index is 302. The molecule has 1 saturated heterocycles. The minimum atomic E-state index is -0.877. The monoisotopic (exact) mass is 256 g/mol. The smallest absolute Gasteiger partial charge is 0.305 e. The SMILES string of the molecule is CC(C)(C)N1CCC(C(=O)NCCC(=O)O)CC1. The third-order valence-corrected chi connectivity index (χ3v) is 3.45. The number of aliphatic carboxylic acids is 1. The van der Waals surface area contributed by atoms with Crippen LogP contribution in [0.25, 0.3) is 0 Å². The Morgan fingerprint density at radius 1 is 1.28 bits per heavy atom. The summed E-state index contributed by atoms with van der Waals surface area (Å²) in [7, 11) is 0. The lowest BCUT2D eigenvalue weighted by Crippen LogP contribution is -2.48. The molecule has 0 bridgehead atoms. The highest BCUT2D eigenvalue weighted by atomic mass is 16.4. The normalized spacial score (nSPS) is 18.6. The summed E-state index contributed by atoms with van der Waals surface area (Å²) in [6, 6.07) is 0. The van der Waals surface area contributed by atoms with Crippen LogP contribution in [0, 0.1) is 5.92 Å². The molecule has 0 saturated carbocycles. The second-order valence-corrected chi connectivity index (χ2v) is 5.87. The zero-order valence-corrected chi connectivity index (χ0v) is 11.5. The molecule has 0 radical (unpaired) electrons. The molecule has 1 fully saturated rings. The second kappa shape index (κ2) is 6.18. The number of piperidine rings is 1. The van der Waals surface area contributed by atoms with Crippen molar-refractivity contribution < 1.29 is 14.7 Å². The summed E-state index contributed by atoms with van der Waals surface area (Å²) < 4.78 is 0. The lowest BCUT2D eigenvalue weighted by molar-refractivity contribution is -0.137. The molecule has 0 aromatic heterocycles. The van der Waals surface area contributed by atoms with E-state index in [2.05, 4.69) is 31.0 Å². The fourth-order valence-electron chi connectivity index (χ4n) is 2.25. The summed E-state index contributed by atoms with van der Waals surface area (Å²) >= 11 is 0. The van der Waals surface area contributed by atoms with E-state index >= 15 is 0 Å². The minimum absolute atomic E-state index is 0.00445. The third kappa shape index (κ3) is 4.64. The Hall–Kier alpha value is -1.10. The molecule has 0 unspecified atom stereocenters. The van der Waals surface area contributed by atoms with Crippen molar-refractivity contribution in [3.8, 4) is 0 Å². The second-order valence-electron chi connectivity index (χ2n) is 5.87. The van der Waals surface area contributed by atoms with Crippen molar-refractivity contribution in [2.45, 2.75) is 45.6 Å². The Morgan fingerprint density at radius 2 is 1.83 bits per heavy atom. The van der Waals surface area contributed by atoms with Crippen LogP contribution in [0.3, 0.4) is 0 Å². The van der Waals surface area contributed by atoms with Crippen molar-refractivity contribution in [3.63, 3.8) is 0 Å². The van der Waals surface area contributed by atoms with Crippen molar-refractivity contribution >= 4 is 11.9 Å². The highest BCUT2D eigenvalue weighted by Crippen LogP contribution is 2.23. The molecule has 0 aromatic rings. The molecule has 0 spiro atoms. The van der Waals surface area contributed by atoms with Gasteiger partial charge in [0.1, 0.15) is 0 Å². The van der Waals surface area contributed by atoms with Gasteiger partial charge in [0.25, 0.3) is 0 Å². The van der Waals surface area contributed by atoms with E-state index in [0.717, 1.165) is 25.9 Å². The van der Waals surface area contributed by atoms with E-state index in [9.17, 15) is 9.59 Å². The van der Waals surface area contributed by atoms with Gasteiger partial charge in [-0.3, -0.25) is 14.5 Å². The van der Waals surface area contributed by atoms with Crippen LogP contribution in [-0.2, 0) is 9.59 Å². The first kappa shape index (κ1) is 15.0. The van der Waals surface area contributed by atoms with Crippen LogP contribution in [0.4, 0.5) is 0 Å². The number of nitrogens with one attached hydrogen (secondary N) is 1. The van der Waals surface area contributed by atoms with Crippen LogP contribution in [0.5, 0.6) is 0 Å². The van der Waals surface area contributed by atoms with E-state index in [1.54, 1.807) is 0 Å². The fraction of sp³-hybridized carbons (Fsp3) is 0.846. The molecule has 1 rings (SSSR count). The first-order valence-electron chi connectivity index (χ1n) is 6.55. The predicted octanol–water partition coefficient (Wildman–Crippen LogP) is 1.09. The highest BCUT2D eigenvalue weighted by molar-refractivity contribution is 5.79. The van der Waals surface area contributed by atoms with E-state index in [4.69, 9.17) is 5.11 Å². The maximum Gasteiger partial charge on any atom is 0.305 e. The van der Waals surface area contributed by atoms with Gasteiger partial charge in [0, 0.05) is 18.0 Å². The molecule has 2 N–H and O–H groups in total. The van der Waals surface area contributed by atoms with Crippen LogP contribution >= 0.6 is 0 Å². The summed E-state index contributed by atoms with van der Waals surface area (Å²) in [4.78, 5) is 24.5. The lowest BCUT2D eigenvalue weighted by Gasteiger charge is -2.40. The van der Waals surface area contributed by atoms with E-state index in [1.165, 1.54) is 0 Å². The summed E-state index contributed by atoms with van der Waals surface area (Å²) in [6.07, 6.45) is 1.71. The molecule has 1 aliphatic heterocycles. The number of carbonyl (C=O) groups excluding carboxylic acids is 1. The topological polar surface area (TPSA) is 69.6 Å². The minimum Gasteiger partial charge on any atom is -0.481 e. The average molecular weight is 256 g/mol. The van der Waals surface area contributed by atoms with Gasteiger partial charge in [-0.1, -0.05) is 0 Å². The molecule has 0 aliphatic carbocycles. The van der Waals surface area contributed by atoms with Crippen molar-refractivity contribution in [1.82, 2.24) is 10.2 Å². The maximum atomic E-state index is 11.8. The van der Waals surface area contributed by atoms with Crippen LogP contribution in [0.1, 0.15) is 40.0 Å². The van der Waals surface area contributed by atoms with E-state index < -0.39 is 5.97 Å².